The summed E-state index contributed by atoms with van der Waals surface area (Å²) in [6, 6.07) is 0. The molecular formula is C8H15OSi. The number of rotatable bonds is 1. The molecule has 10 heavy (non-hydrogen) atoms. The molecule has 1 aliphatic rings. The average molecular weight is 155 g/mol. The van der Waals surface area contributed by atoms with Crippen molar-refractivity contribution < 1.29 is 4.80 Å². The zero-order valence-electron chi connectivity index (χ0n) is 6.81. The molecule has 1 nitrogen and oxygen atoms in total. The summed E-state index contributed by atoms with van der Waals surface area (Å²) in [4.78, 5) is 11.5. The van der Waals surface area contributed by atoms with Gasteiger partial charge in [0.2, 0.25) is 0 Å². The van der Waals surface area contributed by atoms with E-state index < -0.39 is 8.32 Å². The van der Waals surface area contributed by atoms with Crippen LogP contribution in [0, 0.1) is 0 Å². The molecule has 0 aliphatic heterocycles. The molecule has 0 fully saturated rings. The minimum absolute atomic E-state index is 1.09. The van der Waals surface area contributed by atoms with Crippen molar-refractivity contribution in [3.63, 3.8) is 0 Å². The first-order valence-electron chi connectivity index (χ1n) is 4.00. The predicted molar refractivity (Wildman–Crippen MR) is 44.7 cm³/mol. The zero-order valence-corrected chi connectivity index (χ0v) is 7.81. The molecule has 0 unspecified atom stereocenters. The van der Waals surface area contributed by atoms with Gasteiger partial charge in [-0.1, -0.05) is 11.3 Å². The summed E-state index contributed by atoms with van der Waals surface area (Å²) in [5.74, 6) is 0. The highest BCUT2D eigenvalue weighted by Gasteiger charge is 2.26. The number of hydrogen-bond donors (Lipinski definition) is 0. The second-order valence-corrected chi connectivity index (χ2v) is 7.15. The molecule has 0 bridgehead atoms. The smallest absolute Gasteiger partial charge is 0.257 e. The standard InChI is InChI=1S/C8H15OSi/c1-10(2,9)8-6-4-3-5-7-8/h6H,3-5,7H2,1-2H3. The molecule has 0 N–H and O–H groups in total. The van der Waals surface area contributed by atoms with Crippen LogP contribution in [0.1, 0.15) is 25.7 Å². The summed E-state index contributed by atoms with van der Waals surface area (Å²) in [6.07, 6.45) is 6.94. The Kier molecular flexibility index (Phi) is 2.31. The van der Waals surface area contributed by atoms with Crippen molar-refractivity contribution >= 4 is 8.32 Å². The molecule has 0 aromatic carbocycles. The monoisotopic (exact) mass is 155 g/mol. The quantitative estimate of drug-likeness (QED) is 0.519. The van der Waals surface area contributed by atoms with E-state index in [1.54, 1.807) is 0 Å². The Morgan fingerprint density at radius 2 is 2.10 bits per heavy atom. The third-order valence-electron chi connectivity index (χ3n) is 2.06. The van der Waals surface area contributed by atoms with Gasteiger partial charge in [-0.25, -0.2) is 0 Å². The SMILES string of the molecule is C[Si](C)([O])C1=CCCCC1. The number of allylic oxidation sites excluding steroid dienone is 2. The van der Waals surface area contributed by atoms with E-state index >= 15 is 0 Å². The van der Waals surface area contributed by atoms with Crippen LogP contribution in [0.3, 0.4) is 0 Å². The summed E-state index contributed by atoms with van der Waals surface area (Å²) >= 11 is 0. The molecule has 0 saturated carbocycles. The first-order valence-corrected chi connectivity index (χ1v) is 6.91. The lowest BCUT2D eigenvalue weighted by Gasteiger charge is -2.19. The van der Waals surface area contributed by atoms with Crippen LogP contribution >= 0.6 is 0 Å². The summed E-state index contributed by atoms with van der Waals surface area (Å²) in [5, 5.41) is 1.25. The predicted octanol–water partition coefficient (Wildman–Crippen LogP) is 2.66. The lowest BCUT2D eigenvalue weighted by molar-refractivity contribution is 0.434. The van der Waals surface area contributed by atoms with Gasteiger partial charge in [0.05, 0.1) is 0 Å². The highest BCUT2D eigenvalue weighted by Crippen LogP contribution is 2.24. The Bertz CT molecular complexity index is 144. The van der Waals surface area contributed by atoms with E-state index in [1.165, 1.54) is 18.0 Å². The lowest BCUT2D eigenvalue weighted by atomic mass is 10.1. The molecule has 0 spiro atoms. The molecule has 0 amide bonds. The normalized spacial score (nSPS) is 20.5. The minimum atomic E-state index is -2.15. The Morgan fingerprint density at radius 1 is 1.40 bits per heavy atom. The second kappa shape index (κ2) is 2.89. The van der Waals surface area contributed by atoms with E-state index in [4.69, 9.17) is 0 Å². The van der Waals surface area contributed by atoms with Crippen LogP contribution in [-0.2, 0) is 4.80 Å². The number of hydrogen-bond acceptors (Lipinski definition) is 0. The van der Waals surface area contributed by atoms with Gasteiger partial charge in [0.15, 0.2) is 0 Å². The van der Waals surface area contributed by atoms with E-state index in [0.717, 1.165) is 12.8 Å². The maximum absolute atomic E-state index is 11.5. The second-order valence-electron chi connectivity index (χ2n) is 3.49. The van der Waals surface area contributed by atoms with Crippen molar-refractivity contribution in [2.75, 3.05) is 0 Å². The van der Waals surface area contributed by atoms with Gasteiger partial charge in [0.25, 0.3) is 8.32 Å². The maximum atomic E-state index is 11.5. The third-order valence-corrected chi connectivity index (χ3v) is 4.07. The molecule has 0 aromatic rings. The fourth-order valence-electron chi connectivity index (χ4n) is 1.38. The van der Waals surface area contributed by atoms with Gasteiger partial charge in [-0.3, -0.25) is 4.80 Å². The highest BCUT2D eigenvalue weighted by atomic mass is 28.4. The summed E-state index contributed by atoms with van der Waals surface area (Å²) in [7, 11) is -2.15. The average Bonchev–Trinajstić information content (AvgIpc) is 1.88. The molecule has 57 valence electrons. The third kappa shape index (κ3) is 1.96. The van der Waals surface area contributed by atoms with Crippen LogP contribution in [0.15, 0.2) is 11.3 Å². The van der Waals surface area contributed by atoms with Crippen LogP contribution in [0.4, 0.5) is 0 Å². The van der Waals surface area contributed by atoms with Crippen molar-refractivity contribution in [3.05, 3.63) is 11.3 Å². The highest BCUT2D eigenvalue weighted by molar-refractivity contribution is 6.76. The molecule has 0 aromatic heterocycles. The molecular weight excluding hydrogens is 140 g/mol. The van der Waals surface area contributed by atoms with Gasteiger partial charge >= 0.3 is 0 Å². The molecule has 0 heterocycles. The topological polar surface area (TPSA) is 19.9 Å². The molecule has 1 radical (unpaired) electrons. The summed E-state index contributed by atoms with van der Waals surface area (Å²) < 4.78 is 0. The van der Waals surface area contributed by atoms with Crippen molar-refractivity contribution in [2.45, 2.75) is 38.8 Å². The van der Waals surface area contributed by atoms with Gasteiger partial charge in [-0.05, 0) is 38.8 Å². The Hall–Kier alpha value is -0.0831. The van der Waals surface area contributed by atoms with E-state index in [-0.39, 0.29) is 0 Å². The summed E-state index contributed by atoms with van der Waals surface area (Å²) in [5.41, 5.74) is 0. The Morgan fingerprint density at radius 3 is 2.40 bits per heavy atom. The Balaban J connectivity index is 2.62. The van der Waals surface area contributed by atoms with Gasteiger partial charge in [-0.15, -0.1) is 0 Å². The van der Waals surface area contributed by atoms with E-state index in [2.05, 4.69) is 6.08 Å². The van der Waals surface area contributed by atoms with Crippen LogP contribution in [-0.4, -0.2) is 8.32 Å². The van der Waals surface area contributed by atoms with Gasteiger partial charge in [0.1, 0.15) is 0 Å². The van der Waals surface area contributed by atoms with Crippen LogP contribution in [0.5, 0.6) is 0 Å². The van der Waals surface area contributed by atoms with Crippen molar-refractivity contribution in [3.8, 4) is 0 Å². The van der Waals surface area contributed by atoms with Crippen LogP contribution in [0.2, 0.25) is 13.1 Å². The molecule has 1 rings (SSSR count). The molecule has 0 saturated heterocycles. The lowest BCUT2D eigenvalue weighted by Crippen LogP contribution is -2.27. The zero-order chi connectivity index (χ0) is 7.61. The van der Waals surface area contributed by atoms with Gasteiger partial charge in [-0.2, -0.15) is 0 Å². The van der Waals surface area contributed by atoms with Crippen molar-refractivity contribution in [1.29, 1.82) is 0 Å². The van der Waals surface area contributed by atoms with E-state index in [1.807, 2.05) is 13.1 Å². The first-order chi connectivity index (χ1) is 4.61. The Labute approximate surface area is 63.9 Å². The van der Waals surface area contributed by atoms with Crippen molar-refractivity contribution in [1.82, 2.24) is 0 Å². The molecule has 1 aliphatic carbocycles. The van der Waals surface area contributed by atoms with Gasteiger partial charge < -0.3 is 0 Å². The molecule has 2 heteroatoms. The maximum Gasteiger partial charge on any atom is 0.257 e. The largest absolute Gasteiger partial charge is 0.292 e. The van der Waals surface area contributed by atoms with E-state index in [0.29, 0.717) is 0 Å². The first kappa shape index (κ1) is 8.02. The minimum Gasteiger partial charge on any atom is -0.292 e. The van der Waals surface area contributed by atoms with Gasteiger partial charge in [0, 0.05) is 0 Å². The van der Waals surface area contributed by atoms with E-state index in [9.17, 15) is 4.80 Å². The summed E-state index contributed by atoms with van der Waals surface area (Å²) in [6.45, 7) is 3.79. The fraction of sp³-hybridized carbons (Fsp3) is 0.750. The fourth-order valence-corrected chi connectivity index (χ4v) is 2.80. The van der Waals surface area contributed by atoms with Crippen LogP contribution in [0.25, 0.3) is 0 Å². The van der Waals surface area contributed by atoms with Crippen LogP contribution < -0.4 is 0 Å². The van der Waals surface area contributed by atoms with Crippen molar-refractivity contribution in [2.24, 2.45) is 0 Å². The molecule has 0 atom stereocenters.